The highest BCUT2D eigenvalue weighted by Gasteiger charge is 2.36. The first-order valence-corrected chi connectivity index (χ1v) is 12.1. The maximum atomic E-state index is 13.5. The van der Waals surface area contributed by atoms with Crippen LogP contribution in [0.5, 0.6) is 0 Å². The number of carbonyl (C=O) groups excluding carboxylic acids is 2. The summed E-state index contributed by atoms with van der Waals surface area (Å²) in [5, 5.41) is 7.16. The lowest BCUT2D eigenvalue weighted by Gasteiger charge is -2.28. The maximum Gasteiger partial charge on any atom is 0.280 e. The molecule has 6 rings (SSSR count). The van der Waals surface area contributed by atoms with Crippen molar-refractivity contribution in [3.63, 3.8) is 0 Å². The zero-order valence-electron chi connectivity index (χ0n) is 19.7. The van der Waals surface area contributed by atoms with E-state index < -0.39 is 11.7 Å². The lowest BCUT2D eigenvalue weighted by Crippen LogP contribution is -2.41. The number of ether oxygens (including phenoxy) is 1. The molecule has 1 N–H and O–H groups in total. The van der Waals surface area contributed by atoms with Crippen LogP contribution in [0.25, 0.3) is 5.65 Å². The molecule has 3 aliphatic rings. The quantitative estimate of drug-likeness (QED) is 0.517. The summed E-state index contributed by atoms with van der Waals surface area (Å²) in [4.78, 5) is 47.6. The Balaban J connectivity index is 1.32. The highest BCUT2D eigenvalue weighted by atomic mass is 19.1. The Morgan fingerprint density at radius 3 is 2.69 bits per heavy atom. The van der Waals surface area contributed by atoms with E-state index in [4.69, 9.17) is 4.74 Å². The van der Waals surface area contributed by atoms with Crippen molar-refractivity contribution in [3.8, 4) is 0 Å². The molecule has 0 bridgehead atoms. The van der Waals surface area contributed by atoms with Gasteiger partial charge in [-0.05, 0) is 25.0 Å². The van der Waals surface area contributed by atoms with Crippen LogP contribution in [0, 0.1) is 5.82 Å². The minimum atomic E-state index is -0.512. The van der Waals surface area contributed by atoms with Gasteiger partial charge in [-0.2, -0.15) is 9.61 Å². The molecule has 0 atom stereocenters. The first kappa shape index (κ1) is 22.8. The molecule has 2 amide bonds. The van der Waals surface area contributed by atoms with E-state index in [2.05, 4.69) is 20.3 Å². The van der Waals surface area contributed by atoms with Crippen LogP contribution < -0.4 is 10.9 Å². The van der Waals surface area contributed by atoms with Crippen LogP contribution in [-0.4, -0.2) is 80.2 Å². The van der Waals surface area contributed by atoms with Gasteiger partial charge in [0.25, 0.3) is 11.5 Å². The highest BCUT2D eigenvalue weighted by Crippen LogP contribution is 2.39. The van der Waals surface area contributed by atoms with E-state index >= 15 is 0 Å². The lowest BCUT2D eigenvalue weighted by atomic mass is 10.2. The molecule has 2 fully saturated rings. The molecule has 12 heteroatoms. The Morgan fingerprint density at radius 2 is 1.97 bits per heavy atom. The normalized spacial score (nSPS) is 18.1. The van der Waals surface area contributed by atoms with Crippen LogP contribution in [-0.2, 0) is 22.6 Å². The molecule has 3 aromatic heterocycles. The number of anilines is 1. The molecule has 11 nitrogen and oxygen atoms in total. The molecule has 1 saturated heterocycles. The van der Waals surface area contributed by atoms with Crippen LogP contribution in [0.15, 0.2) is 29.2 Å². The molecule has 0 radical (unpaired) electrons. The standard InChI is InChI=1S/C24H26FN7O4/c25-16-3-4-19(26-12-16)27-20(33)14-31-21-11-18(15-1-2-15)28-32(21)23(34)17-13-30(24(35)22(17)31)6-5-29-7-9-36-10-8-29/h3-4,11-12,15H,1-2,5-10,13-14H2,(H,26,27,33). The van der Waals surface area contributed by atoms with Crippen molar-refractivity contribution in [2.45, 2.75) is 31.8 Å². The Morgan fingerprint density at radius 1 is 1.17 bits per heavy atom. The molecule has 0 aromatic carbocycles. The van der Waals surface area contributed by atoms with Crippen molar-refractivity contribution in [1.29, 1.82) is 0 Å². The smallest absolute Gasteiger partial charge is 0.280 e. The van der Waals surface area contributed by atoms with Crippen LogP contribution in [0.4, 0.5) is 10.2 Å². The van der Waals surface area contributed by atoms with Gasteiger partial charge in [0.2, 0.25) is 5.91 Å². The number of carbonyl (C=O) groups is 2. The van der Waals surface area contributed by atoms with Gasteiger partial charge in [0.15, 0.2) is 0 Å². The number of nitrogens with one attached hydrogen (secondary N) is 1. The van der Waals surface area contributed by atoms with Crippen LogP contribution in [0.3, 0.4) is 0 Å². The monoisotopic (exact) mass is 495 g/mol. The van der Waals surface area contributed by atoms with Crippen molar-refractivity contribution in [2.75, 3.05) is 44.7 Å². The number of hydrogen-bond acceptors (Lipinski definition) is 7. The Bertz CT molecular complexity index is 1390. The molecule has 5 heterocycles. The van der Waals surface area contributed by atoms with Crippen molar-refractivity contribution in [2.24, 2.45) is 0 Å². The topological polar surface area (TPSA) is 114 Å². The van der Waals surface area contributed by atoms with Gasteiger partial charge in [-0.3, -0.25) is 19.3 Å². The highest BCUT2D eigenvalue weighted by molar-refractivity contribution is 5.98. The molecular formula is C24H26FN7O4. The molecule has 188 valence electrons. The molecular weight excluding hydrogens is 469 g/mol. The summed E-state index contributed by atoms with van der Waals surface area (Å²) in [5.74, 6) is -0.746. The molecule has 3 aromatic rings. The van der Waals surface area contributed by atoms with Crippen LogP contribution in [0.1, 0.15) is 40.5 Å². The van der Waals surface area contributed by atoms with Crippen molar-refractivity contribution in [1.82, 2.24) is 29.0 Å². The SMILES string of the molecule is O=C(Cn1c2c(c(=O)n3nc(C4CC4)cc13)CN(CCN1CCOCC1)C2=O)Nc1ccc(F)cn1. The van der Waals surface area contributed by atoms with Gasteiger partial charge in [-0.25, -0.2) is 9.37 Å². The summed E-state index contributed by atoms with van der Waals surface area (Å²) in [6, 6.07) is 4.36. The van der Waals surface area contributed by atoms with Gasteiger partial charge in [-0.15, -0.1) is 0 Å². The summed E-state index contributed by atoms with van der Waals surface area (Å²) < 4.78 is 21.5. The zero-order valence-corrected chi connectivity index (χ0v) is 19.7. The van der Waals surface area contributed by atoms with Gasteiger partial charge in [0.05, 0.1) is 37.2 Å². The fraction of sp³-hybridized carbons (Fsp3) is 0.458. The molecule has 0 unspecified atom stereocenters. The molecule has 1 saturated carbocycles. The van der Waals surface area contributed by atoms with Gasteiger partial charge in [0.1, 0.15) is 29.5 Å². The summed E-state index contributed by atoms with van der Waals surface area (Å²) in [6.45, 7) is 4.03. The number of pyridine rings is 1. The number of fused-ring (bicyclic) bond motifs is 2. The Labute approximate surface area is 205 Å². The third kappa shape index (κ3) is 4.26. The fourth-order valence-electron chi connectivity index (χ4n) is 4.82. The van der Waals surface area contributed by atoms with E-state index in [1.165, 1.54) is 16.6 Å². The lowest BCUT2D eigenvalue weighted by molar-refractivity contribution is -0.116. The van der Waals surface area contributed by atoms with Crippen molar-refractivity contribution >= 4 is 23.3 Å². The average molecular weight is 496 g/mol. The van der Waals surface area contributed by atoms with Crippen LogP contribution >= 0.6 is 0 Å². The summed E-state index contributed by atoms with van der Waals surface area (Å²) >= 11 is 0. The summed E-state index contributed by atoms with van der Waals surface area (Å²) in [5.41, 5.74) is 1.44. The van der Waals surface area contributed by atoms with Gasteiger partial charge in [0, 0.05) is 38.2 Å². The van der Waals surface area contributed by atoms with Gasteiger partial charge in [-0.1, -0.05) is 0 Å². The third-order valence-corrected chi connectivity index (χ3v) is 6.91. The average Bonchev–Trinajstić information content (AvgIpc) is 3.54. The second-order valence-corrected chi connectivity index (χ2v) is 9.42. The number of hydrogen-bond donors (Lipinski definition) is 1. The van der Waals surface area contributed by atoms with Gasteiger partial charge >= 0.3 is 0 Å². The van der Waals surface area contributed by atoms with Crippen LogP contribution in [0.2, 0.25) is 0 Å². The van der Waals surface area contributed by atoms with E-state index in [9.17, 15) is 18.8 Å². The Hall–Kier alpha value is -3.64. The molecule has 0 spiro atoms. The summed E-state index contributed by atoms with van der Waals surface area (Å²) in [6.07, 6.45) is 3.02. The van der Waals surface area contributed by atoms with E-state index in [0.29, 0.717) is 43.4 Å². The number of aromatic nitrogens is 4. The largest absolute Gasteiger partial charge is 0.379 e. The number of amides is 2. The first-order chi connectivity index (χ1) is 17.5. The van der Waals surface area contributed by atoms with E-state index in [1.807, 2.05) is 0 Å². The maximum absolute atomic E-state index is 13.5. The fourth-order valence-corrected chi connectivity index (χ4v) is 4.82. The number of morpholine rings is 1. The number of rotatable bonds is 7. The van der Waals surface area contributed by atoms with Gasteiger partial charge < -0.3 is 19.5 Å². The summed E-state index contributed by atoms with van der Waals surface area (Å²) in [7, 11) is 0. The van der Waals surface area contributed by atoms with E-state index in [0.717, 1.165) is 37.8 Å². The zero-order chi connectivity index (χ0) is 24.8. The Kier molecular flexibility index (Phi) is 5.76. The third-order valence-electron chi connectivity index (χ3n) is 6.91. The minimum Gasteiger partial charge on any atom is -0.379 e. The molecule has 1 aliphatic carbocycles. The van der Waals surface area contributed by atoms with E-state index in [-0.39, 0.29) is 36.1 Å². The number of halogens is 1. The predicted octanol–water partition coefficient (Wildman–Crippen LogP) is 0.834. The van der Waals surface area contributed by atoms with E-state index in [1.54, 1.807) is 15.5 Å². The first-order valence-electron chi connectivity index (χ1n) is 12.1. The van der Waals surface area contributed by atoms with Crippen molar-refractivity contribution < 1.29 is 18.7 Å². The van der Waals surface area contributed by atoms with Crippen molar-refractivity contribution in [3.05, 3.63) is 57.5 Å². The number of nitrogens with zero attached hydrogens (tertiary/aromatic N) is 6. The minimum absolute atomic E-state index is 0.174. The molecule has 36 heavy (non-hydrogen) atoms. The second kappa shape index (κ2) is 9.10. The second-order valence-electron chi connectivity index (χ2n) is 9.42. The molecule has 2 aliphatic heterocycles. The predicted molar refractivity (Wildman–Crippen MR) is 126 cm³/mol.